The summed E-state index contributed by atoms with van der Waals surface area (Å²) in [6.07, 6.45) is 1.51. The summed E-state index contributed by atoms with van der Waals surface area (Å²) in [6.45, 7) is 5.10. The second kappa shape index (κ2) is 6.75. The monoisotopic (exact) mass is 277 g/mol. The van der Waals surface area contributed by atoms with Crippen molar-refractivity contribution < 1.29 is 14.6 Å². The molecule has 1 saturated heterocycles. The smallest absolute Gasteiger partial charge is 0.263 e. The minimum absolute atomic E-state index is 0.00111. The first-order valence-electron chi connectivity index (χ1n) is 7.32. The molecule has 0 saturated carbocycles. The first-order valence-corrected chi connectivity index (χ1v) is 7.32. The summed E-state index contributed by atoms with van der Waals surface area (Å²) in [5.74, 6) is 0.737. The highest BCUT2D eigenvalue weighted by molar-refractivity contribution is 5.81. The van der Waals surface area contributed by atoms with Crippen LogP contribution in [-0.2, 0) is 11.2 Å². The average molecular weight is 277 g/mol. The van der Waals surface area contributed by atoms with Gasteiger partial charge in [0.25, 0.3) is 5.91 Å². The second-order valence-electron chi connectivity index (χ2n) is 5.32. The van der Waals surface area contributed by atoms with E-state index in [1.807, 2.05) is 24.3 Å². The maximum absolute atomic E-state index is 12.3. The third-order valence-electron chi connectivity index (χ3n) is 3.74. The fraction of sp³-hybridized carbons (Fsp3) is 0.562. The molecule has 1 heterocycles. The van der Waals surface area contributed by atoms with Crippen LogP contribution in [0.1, 0.15) is 32.3 Å². The molecule has 1 aromatic carbocycles. The molecule has 1 aliphatic heterocycles. The third kappa shape index (κ3) is 3.73. The number of rotatable bonds is 4. The molecule has 0 bridgehead atoms. The Hall–Kier alpha value is -1.55. The van der Waals surface area contributed by atoms with Crippen LogP contribution >= 0.6 is 0 Å². The number of nitrogens with zero attached hydrogens (tertiary/aromatic N) is 1. The number of piperidine rings is 1. The maximum Gasteiger partial charge on any atom is 0.263 e. The first-order chi connectivity index (χ1) is 9.60. The van der Waals surface area contributed by atoms with Crippen LogP contribution in [0.4, 0.5) is 0 Å². The van der Waals surface area contributed by atoms with Crippen LogP contribution in [-0.4, -0.2) is 41.2 Å². The number of hydrogen-bond acceptors (Lipinski definition) is 3. The summed E-state index contributed by atoms with van der Waals surface area (Å²) in [5, 5.41) is 9.47. The summed E-state index contributed by atoms with van der Waals surface area (Å²) < 4.78 is 5.74. The maximum atomic E-state index is 12.3. The van der Waals surface area contributed by atoms with Gasteiger partial charge < -0.3 is 14.7 Å². The van der Waals surface area contributed by atoms with Gasteiger partial charge in [-0.15, -0.1) is 0 Å². The van der Waals surface area contributed by atoms with Crippen molar-refractivity contribution in [2.45, 2.75) is 45.3 Å². The second-order valence-corrected chi connectivity index (χ2v) is 5.32. The first kappa shape index (κ1) is 14.9. The van der Waals surface area contributed by atoms with E-state index in [1.54, 1.807) is 11.8 Å². The molecular formula is C16H23NO3. The summed E-state index contributed by atoms with van der Waals surface area (Å²) in [4.78, 5) is 14.1. The van der Waals surface area contributed by atoms with E-state index in [4.69, 9.17) is 4.74 Å². The lowest BCUT2D eigenvalue weighted by molar-refractivity contribution is -0.139. The van der Waals surface area contributed by atoms with Crippen molar-refractivity contribution in [2.75, 3.05) is 13.1 Å². The summed E-state index contributed by atoms with van der Waals surface area (Å²) in [5.41, 5.74) is 1.20. The van der Waals surface area contributed by atoms with E-state index in [2.05, 4.69) is 6.92 Å². The number of aliphatic hydroxyl groups is 1. The molecule has 4 nitrogen and oxygen atoms in total. The Kier molecular flexibility index (Phi) is 5.01. The SMILES string of the molecule is CCc1cccc(OC(C)C(=O)N2CCC(O)CC2)c1. The largest absolute Gasteiger partial charge is 0.481 e. The van der Waals surface area contributed by atoms with E-state index in [9.17, 15) is 9.90 Å². The Morgan fingerprint density at radius 3 is 2.80 bits per heavy atom. The van der Waals surface area contributed by atoms with Gasteiger partial charge in [-0.1, -0.05) is 19.1 Å². The van der Waals surface area contributed by atoms with Crippen LogP contribution in [0.15, 0.2) is 24.3 Å². The normalized spacial score (nSPS) is 17.9. The van der Waals surface area contributed by atoms with Crippen LogP contribution in [0, 0.1) is 0 Å². The zero-order valence-electron chi connectivity index (χ0n) is 12.2. The molecule has 1 amide bonds. The van der Waals surface area contributed by atoms with Gasteiger partial charge in [-0.3, -0.25) is 4.79 Å². The van der Waals surface area contributed by atoms with Crippen molar-refractivity contribution in [3.8, 4) is 5.75 Å². The Bertz CT molecular complexity index is 453. The van der Waals surface area contributed by atoms with Crippen LogP contribution in [0.25, 0.3) is 0 Å². The lowest BCUT2D eigenvalue weighted by atomic mass is 10.1. The van der Waals surface area contributed by atoms with E-state index < -0.39 is 6.10 Å². The number of aryl methyl sites for hydroxylation is 1. The standard InChI is InChI=1S/C16H23NO3/c1-3-13-5-4-6-15(11-13)20-12(2)16(19)17-9-7-14(18)8-10-17/h4-6,11-12,14,18H,3,7-10H2,1-2H3. The van der Waals surface area contributed by atoms with Gasteiger partial charge in [0.05, 0.1) is 6.10 Å². The van der Waals surface area contributed by atoms with Crippen LogP contribution in [0.3, 0.4) is 0 Å². The van der Waals surface area contributed by atoms with Gasteiger partial charge in [0, 0.05) is 13.1 Å². The van der Waals surface area contributed by atoms with Crippen molar-refractivity contribution in [1.29, 1.82) is 0 Å². The minimum atomic E-state index is -0.489. The predicted octanol–water partition coefficient (Wildman–Crippen LogP) is 2.00. The van der Waals surface area contributed by atoms with Crippen LogP contribution < -0.4 is 4.74 Å². The van der Waals surface area contributed by atoms with Gasteiger partial charge in [-0.2, -0.15) is 0 Å². The Balaban J connectivity index is 1.93. The summed E-state index contributed by atoms with van der Waals surface area (Å²) >= 11 is 0. The number of amides is 1. The molecule has 1 aromatic rings. The summed E-state index contributed by atoms with van der Waals surface area (Å²) in [7, 11) is 0. The lowest BCUT2D eigenvalue weighted by Crippen LogP contribution is -2.45. The minimum Gasteiger partial charge on any atom is -0.481 e. The zero-order chi connectivity index (χ0) is 14.5. The molecule has 0 aromatic heterocycles. The Morgan fingerprint density at radius 1 is 1.45 bits per heavy atom. The quantitative estimate of drug-likeness (QED) is 0.915. The van der Waals surface area contributed by atoms with Crippen molar-refractivity contribution >= 4 is 5.91 Å². The number of hydrogen-bond donors (Lipinski definition) is 1. The van der Waals surface area contributed by atoms with Crippen LogP contribution in [0.2, 0.25) is 0 Å². The molecule has 0 spiro atoms. The molecule has 1 aliphatic rings. The third-order valence-corrected chi connectivity index (χ3v) is 3.74. The van der Waals surface area contributed by atoms with Gasteiger partial charge in [0.1, 0.15) is 5.75 Å². The molecule has 0 radical (unpaired) electrons. The molecule has 20 heavy (non-hydrogen) atoms. The summed E-state index contributed by atoms with van der Waals surface area (Å²) in [6, 6.07) is 7.85. The molecule has 2 rings (SSSR count). The molecule has 110 valence electrons. The van der Waals surface area contributed by atoms with Gasteiger partial charge in [0.2, 0.25) is 0 Å². The Morgan fingerprint density at radius 2 is 2.15 bits per heavy atom. The number of carbonyl (C=O) groups is 1. The van der Waals surface area contributed by atoms with E-state index >= 15 is 0 Å². The molecule has 1 atom stereocenters. The van der Waals surface area contributed by atoms with Crippen LogP contribution in [0.5, 0.6) is 5.75 Å². The molecule has 1 fully saturated rings. The van der Waals surface area contributed by atoms with E-state index in [0.717, 1.165) is 12.2 Å². The Labute approximate surface area is 120 Å². The van der Waals surface area contributed by atoms with E-state index in [-0.39, 0.29) is 12.0 Å². The highest BCUT2D eigenvalue weighted by atomic mass is 16.5. The van der Waals surface area contributed by atoms with Crippen molar-refractivity contribution in [2.24, 2.45) is 0 Å². The molecular weight excluding hydrogens is 254 g/mol. The van der Waals surface area contributed by atoms with Gasteiger partial charge in [0.15, 0.2) is 6.10 Å². The van der Waals surface area contributed by atoms with Gasteiger partial charge in [-0.25, -0.2) is 0 Å². The topological polar surface area (TPSA) is 49.8 Å². The lowest BCUT2D eigenvalue weighted by Gasteiger charge is -2.31. The zero-order valence-corrected chi connectivity index (χ0v) is 12.2. The fourth-order valence-corrected chi connectivity index (χ4v) is 2.44. The highest BCUT2D eigenvalue weighted by Gasteiger charge is 2.26. The van der Waals surface area contributed by atoms with Crippen molar-refractivity contribution in [1.82, 2.24) is 4.90 Å². The van der Waals surface area contributed by atoms with Crippen molar-refractivity contribution in [3.05, 3.63) is 29.8 Å². The molecule has 1 unspecified atom stereocenters. The van der Waals surface area contributed by atoms with Crippen molar-refractivity contribution in [3.63, 3.8) is 0 Å². The molecule has 1 N–H and O–H groups in total. The van der Waals surface area contributed by atoms with E-state index in [0.29, 0.717) is 25.9 Å². The number of aliphatic hydroxyl groups excluding tert-OH is 1. The predicted molar refractivity (Wildman–Crippen MR) is 77.7 cm³/mol. The number of likely N-dealkylation sites (tertiary alicyclic amines) is 1. The van der Waals surface area contributed by atoms with E-state index in [1.165, 1.54) is 5.56 Å². The van der Waals surface area contributed by atoms with Gasteiger partial charge >= 0.3 is 0 Å². The number of ether oxygens (including phenoxy) is 1. The average Bonchev–Trinajstić information content (AvgIpc) is 2.47. The molecule has 0 aliphatic carbocycles. The number of carbonyl (C=O) groups excluding carboxylic acids is 1. The fourth-order valence-electron chi connectivity index (χ4n) is 2.44. The molecule has 4 heteroatoms. The number of benzene rings is 1. The highest BCUT2D eigenvalue weighted by Crippen LogP contribution is 2.17. The van der Waals surface area contributed by atoms with Gasteiger partial charge in [-0.05, 0) is 43.9 Å².